The van der Waals surface area contributed by atoms with Gasteiger partial charge in [-0.3, -0.25) is 57.9 Å². The van der Waals surface area contributed by atoms with Crippen molar-refractivity contribution < 1.29 is 112 Å². The first-order chi connectivity index (χ1) is 63.6. The lowest BCUT2D eigenvalue weighted by Crippen LogP contribution is -2.35. The van der Waals surface area contributed by atoms with Crippen molar-refractivity contribution in [2.24, 2.45) is 0 Å². The van der Waals surface area contributed by atoms with Gasteiger partial charge in [-0.25, -0.2) is 24.4 Å². The largest absolute Gasteiger partial charge is 0.513 e. The van der Waals surface area contributed by atoms with E-state index in [4.69, 9.17) is 55.4 Å². The quantitative estimate of drug-likeness (QED) is 0.00781. The van der Waals surface area contributed by atoms with Gasteiger partial charge in [-0.05, 0) is 147 Å². The third kappa shape index (κ3) is 40.3. The number of nitrogens with zero attached hydrogens (tertiary/aromatic N) is 2. The molecule has 0 aliphatic carbocycles. The van der Waals surface area contributed by atoms with Crippen LogP contribution in [0.15, 0.2) is 352 Å². The number of para-hydroxylation sites is 5. The van der Waals surface area contributed by atoms with Gasteiger partial charge in [0.15, 0.2) is 0 Å². The zero-order valence-electron chi connectivity index (χ0n) is 73.7. The molecule has 5 N–H and O–H groups in total. The monoisotopic (exact) mass is 1910 g/mol. The maximum atomic E-state index is 13.5. The van der Waals surface area contributed by atoms with Crippen molar-refractivity contribution in [1.82, 2.24) is 25.4 Å². The van der Waals surface area contributed by atoms with Gasteiger partial charge < -0.3 is 55.4 Å². The second-order valence-electron chi connectivity index (χ2n) is 29.0. The molecule has 10 atom stereocenters. The number of nitro benzene ring substituents is 2. The number of carbonyl (C=O) groups is 5. The molecule has 12 aromatic carbocycles. The predicted molar refractivity (Wildman–Crippen MR) is 503 cm³/mol. The summed E-state index contributed by atoms with van der Waals surface area (Å²) < 4.78 is 129. The number of carbonyl (C=O) groups excluding carboxylic acids is 5. The lowest BCUT2D eigenvalue weighted by atomic mass is 10.2. The number of esters is 5. The van der Waals surface area contributed by atoms with Crippen LogP contribution in [0.1, 0.15) is 62.4 Å². The number of nitrogens with one attached hydrogen (secondary N) is 5. The van der Waals surface area contributed by atoms with Crippen LogP contribution in [0.4, 0.5) is 11.4 Å². The average molecular weight is 1910 g/mol. The molecule has 133 heavy (non-hydrogen) atoms. The minimum atomic E-state index is -4.13. The Morgan fingerprint density at radius 2 is 0.391 bits per heavy atom. The van der Waals surface area contributed by atoms with Crippen molar-refractivity contribution in [3.8, 4) is 40.2 Å². The third-order valence-electron chi connectivity index (χ3n) is 17.4. The Hall–Kier alpha value is -13.7. The summed E-state index contributed by atoms with van der Waals surface area (Å²) in [7, 11) is -17.8. The number of non-ortho nitro benzene ring substituents is 2. The summed E-state index contributed by atoms with van der Waals surface area (Å²) in [6, 6.07) is 95.1. The van der Waals surface area contributed by atoms with Gasteiger partial charge in [-0.2, -0.15) is 10.2 Å². The highest BCUT2D eigenvalue weighted by Gasteiger charge is 2.37. The molecule has 12 aromatic rings. The highest BCUT2D eigenvalue weighted by Crippen LogP contribution is 2.48. The Morgan fingerprint density at radius 1 is 0.241 bits per heavy atom. The number of rotatable bonds is 41. The molecule has 0 heterocycles. The van der Waals surface area contributed by atoms with Crippen molar-refractivity contribution in [2.45, 2.75) is 97.9 Å². The van der Waals surface area contributed by atoms with Gasteiger partial charge in [0.05, 0.1) is 9.85 Å². The predicted octanol–water partition coefficient (Wildman–Crippen LogP) is 20.6. The standard InChI is InChI=1S/2C22H21N2O7P.3C17H20NO4P/c2*1-17(22(25)29-16-18-8-4-2-5-9-18)23-32(28,30-20-10-6-3-7-11-20)31-21-14-12-19(13-15-21)24(26)27;3*1-14(17(19)21-13-15-9-5-3-6-10-15)18-23(2,20)22-16-11-7-4-8-12-16/h2*2-15,17H,16H2,1H3,(H,23,28);3*3-12,14H,13H2,1-2H3,(H,18,20)/t17-,32+;17-,32-;14-,23?;14-,23+;14-,23-/m00000/s1. The zero-order valence-corrected chi connectivity index (χ0v) is 78.1. The van der Waals surface area contributed by atoms with Gasteiger partial charge in [-0.1, -0.05) is 243 Å². The van der Waals surface area contributed by atoms with E-state index in [0.717, 1.165) is 27.8 Å². The first-order valence-electron chi connectivity index (χ1n) is 41.0. The van der Waals surface area contributed by atoms with Crippen molar-refractivity contribution in [2.75, 3.05) is 20.0 Å². The Balaban J connectivity index is 0.000000207. The summed E-state index contributed by atoms with van der Waals surface area (Å²) in [5.74, 6) is -0.685. The van der Waals surface area contributed by atoms with Crippen LogP contribution in [-0.4, -0.2) is 89.9 Å². The molecule has 0 bridgehead atoms. The summed E-state index contributed by atoms with van der Waals surface area (Å²) in [5, 5.41) is 34.9. The maximum absolute atomic E-state index is 13.5. The number of ether oxygens (including phenoxy) is 5. The van der Waals surface area contributed by atoms with Crippen molar-refractivity contribution in [1.29, 1.82) is 0 Å². The molecule has 12 rings (SSSR count). The second-order valence-corrected chi connectivity index (χ2v) is 38.6. The highest BCUT2D eigenvalue weighted by atomic mass is 31.2. The van der Waals surface area contributed by atoms with E-state index in [2.05, 4.69) is 25.4 Å². The number of nitro groups is 2. The van der Waals surface area contributed by atoms with E-state index in [1.807, 2.05) is 170 Å². The maximum Gasteiger partial charge on any atom is 0.513 e. The summed E-state index contributed by atoms with van der Waals surface area (Å²) in [5.41, 5.74) is 4.00. The molecule has 0 saturated carbocycles. The van der Waals surface area contributed by atoms with Crippen molar-refractivity contribution >= 4 is 79.3 Å². The fourth-order valence-electron chi connectivity index (χ4n) is 11.1. The van der Waals surface area contributed by atoms with Gasteiger partial charge >= 0.3 is 67.9 Å². The summed E-state index contributed by atoms with van der Waals surface area (Å²) in [6.07, 6.45) is 0. The first-order valence-corrected chi connectivity index (χ1v) is 50.3. The van der Waals surface area contributed by atoms with Crippen LogP contribution in [0, 0.1) is 20.2 Å². The minimum Gasteiger partial charge on any atom is -0.460 e. The van der Waals surface area contributed by atoms with Gasteiger partial charge in [0.1, 0.15) is 103 Å². The molecular weight excluding hydrogens is 1810 g/mol. The Kier molecular flexibility index (Phi) is 42.2. The van der Waals surface area contributed by atoms with Gasteiger partial charge in [0.2, 0.25) is 0 Å². The summed E-state index contributed by atoms with van der Waals surface area (Å²) in [6.45, 7) is 12.7. The van der Waals surface area contributed by atoms with Crippen molar-refractivity contribution in [3.05, 3.63) is 400 Å². The Morgan fingerprint density at radius 3 is 0.564 bits per heavy atom. The van der Waals surface area contributed by atoms with E-state index < -0.39 is 108 Å². The van der Waals surface area contributed by atoms with E-state index >= 15 is 0 Å². The van der Waals surface area contributed by atoms with Crippen LogP contribution < -0.4 is 57.1 Å². The number of benzene rings is 12. The lowest BCUT2D eigenvalue weighted by molar-refractivity contribution is -0.385. The summed E-state index contributed by atoms with van der Waals surface area (Å²) >= 11 is 0. The topological polar surface area (TPSA) is 428 Å². The van der Waals surface area contributed by atoms with Crippen LogP contribution in [0.3, 0.4) is 0 Å². The molecule has 0 amide bonds. The second kappa shape index (κ2) is 53.6. The average Bonchev–Trinajstić information content (AvgIpc) is 0.823. The molecule has 33 nitrogen and oxygen atoms in total. The van der Waals surface area contributed by atoms with Gasteiger partial charge in [0.25, 0.3) is 11.4 Å². The molecule has 698 valence electrons. The molecule has 0 aliphatic heterocycles. The molecule has 0 aliphatic rings. The molecule has 0 spiro atoms. The third-order valence-corrected chi connectivity index (χ3v) is 24.9. The highest BCUT2D eigenvalue weighted by molar-refractivity contribution is 7.57. The molecule has 38 heteroatoms. The zero-order chi connectivity index (χ0) is 96.1. The molecule has 0 fully saturated rings. The normalized spacial score (nSPS) is 14.0. The fourth-order valence-corrected chi connectivity index (χ4v) is 18.3. The number of hydrogen-bond acceptors (Lipinski definition) is 26. The minimum absolute atomic E-state index is 0.0543. The Labute approximate surface area is 770 Å². The van der Waals surface area contributed by atoms with Gasteiger partial charge in [-0.15, -0.1) is 0 Å². The van der Waals surface area contributed by atoms with E-state index in [9.17, 15) is 67.0 Å². The van der Waals surface area contributed by atoms with E-state index in [1.54, 1.807) is 154 Å². The van der Waals surface area contributed by atoms with Crippen LogP contribution in [0.25, 0.3) is 0 Å². The molecule has 0 saturated heterocycles. The van der Waals surface area contributed by atoms with Crippen LogP contribution >= 0.6 is 38.1 Å². The van der Waals surface area contributed by atoms with E-state index in [0.29, 0.717) is 17.2 Å². The van der Waals surface area contributed by atoms with Crippen LogP contribution in [0.2, 0.25) is 0 Å². The first kappa shape index (κ1) is 105. The van der Waals surface area contributed by atoms with E-state index in [-0.39, 0.29) is 67.4 Å². The van der Waals surface area contributed by atoms with Crippen LogP contribution in [-0.2, 0) is 104 Å². The van der Waals surface area contributed by atoms with Gasteiger partial charge in [0, 0.05) is 44.3 Å². The molecule has 1 unspecified atom stereocenters. The molecular formula is C95H102N7O26P5. The lowest BCUT2D eigenvalue weighted by Gasteiger charge is -2.23. The fraction of sp³-hybridized carbons (Fsp3) is 0.189. The Bertz CT molecular complexity index is 5400. The van der Waals surface area contributed by atoms with Crippen molar-refractivity contribution in [3.63, 3.8) is 0 Å². The summed E-state index contributed by atoms with van der Waals surface area (Å²) in [4.78, 5) is 81.4. The molecule has 0 aromatic heterocycles. The SMILES string of the molecule is C[C@H](NP(C)(=O)Oc1ccccc1)C(=O)OCc1ccccc1.C[C@H](N[P@@](=O)(Oc1ccccc1)Oc1ccc([N+](=O)[O-])cc1)C(=O)OCc1ccccc1.C[C@H](N[P@@](C)(=O)Oc1ccccc1)C(=O)OCc1ccccc1.C[C@H](N[P@](=O)(Oc1ccccc1)Oc1ccc([N+](=O)[O-])cc1)C(=O)OCc1ccccc1.C[C@H](N[P@](C)(=O)Oc1ccccc1)C(=O)OCc1ccccc1. The van der Waals surface area contributed by atoms with Crippen LogP contribution in [0.5, 0.6) is 40.2 Å². The molecule has 0 radical (unpaired) electrons. The smallest absolute Gasteiger partial charge is 0.460 e. The number of hydrogen-bond donors (Lipinski definition) is 5. The van der Waals surface area contributed by atoms with E-state index in [1.165, 1.54) is 82.4 Å².